The summed E-state index contributed by atoms with van der Waals surface area (Å²) in [5.41, 5.74) is 3.57. The summed E-state index contributed by atoms with van der Waals surface area (Å²) in [7, 11) is 0. The molecular weight excluding hydrogens is 477 g/mol. The second kappa shape index (κ2) is 10.6. The fourth-order valence-corrected chi connectivity index (χ4v) is 5.30. The van der Waals surface area contributed by atoms with Crippen LogP contribution in [0.4, 0.5) is 16.1 Å². The van der Waals surface area contributed by atoms with Crippen molar-refractivity contribution in [2.24, 2.45) is 5.92 Å². The Labute approximate surface area is 214 Å². The molecule has 8 nitrogen and oxygen atoms in total. The van der Waals surface area contributed by atoms with Gasteiger partial charge in [0.2, 0.25) is 5.78 Å². The molecule has 1 saturated carbocycles. The Morgan fingerprint density at radius 3 is 2.68 bits per heavy atom. The Morgan fingerprint density at radius 2 is 1.92 bits per heavy atom. The van der Waals surface area contributed by atoms with Crippen molar-refractivity contribution in [3.8, 4) is 0 Å². The number of rotatable bonds is 9. The predicted octanol–water partition coefficient (Wildman–Crippen LogP) is 5.37. The second-order valence-electron chi connectivity index (χ2n) is 10.0. The van der Waals surface area contributed by atoms with Crippen LogP contribution in [0.5, 0.6) is 0 Å². The van der Waals surface area contributed by atoms with Crippen LogP contribution < -0.4 is 5.32 Å². The van der Waals surface area contributed by atoms with E-state index in [-0.39, 0.29) is 6.42 Å². The molecule has 2 fully saturated rings. The van der Waals surface area contributed by atoms with Crippen molar-refractivity contribution in [3.05, 3.63) is 53.6 Å². The van der Waals surface area contributed by atoms with Gasteiger partial charge in [-0.3, -0.25) is 9.59 Å². The zero-order chi connectivity index (χ0) is 26.0. The van der Waals surface area contributed by atoms with Gasteiger partial charge in [-0.15, -0.1) is 0 Å². The first-order valence-electron chi connectivity index (χ1n) is 12.9. The average molecular weight is 510 g/mol. The number of hydrogen-bond acceptors (Lipinski definition) is 7. The van der Waals surface area contributed by atoms with Gasteiger partial charge in [0.05, 0.1) is 12.0 Å². The van der Waals surface area contributed by atoms with Gasteiger partial charge in [-0.25, -0.2) is 4.90 Å². The number of carbonyl (C=O) groups excluding carboxylic acids is 1. The molecule has 2 aliphatic rings. The Hall–Kier alpha value is -3.30. The molecule has 0 unspecified atom stereocenters. The fourth-order valence-electron chi connectivity index (χ4n) is 5.30. The number of fused-ring (bicyclic) bond motifs is 1. The topological polar surface area (TPSA) is 105 Å². The Morgan fingerprint density at radius 1 is 1.16 bits per heavy atom. The number of nitrogens with one attached hydrogen (secondary N) is 1. The van der Waals surface area contributed by atoms with Crippen molar-refractivity contribution in [1.29, 1.82) is 0 Å². The van der Waals surface area contributed by atoms with Gasteiger partial charge in [0.15, 0.2) is 5.58 Å². The number of benzene rings is 2. The van der Waals surface area contributed by atoms with E-state index in [2.05, 4.69) is 10.3 Å². The maximum atomic E-state index is 16.5. The van der Waals surface area contributed by atoms with Gasteiger partial charge in [0.1, 0.15) is 5.52 Å². The number of aliphatic carboxylic acids is 1. The first-order chi connectivity index (χ1) is 17.8. The largest absolute Gasteiger partial charge is 0.481 e. The summed E-state index contributed by atoms with van der Waals surface area (Å²) >= 11 is 0. The first kappa shape index (κ1) is 25.4. The zero-order valence-corrected chi connectivity index (χ0v) is 20.9. The number of aromatic nitrogens is 1. The number of carboxylic acid groups (broad SMARTS) is 1. The number of carboxylic acids is 1. The highest BCUT2D eigenvalue weighted by Crippen LogP contribution is 2.35. The molecule has 3 atom stereocenters. The lowest BCUT2D eigenvalue weighted by molar-refractivity contribution is -0.258. The summed E-state index contributed by atoms with van der Waals surface area (Å²) in [6.07, 6.45) is 2.81. The lowest BCUT2D eigenvalue weighted by Crippen LogP contribution is -2.56. The van der Waals surface area contributed by atoms with Crippen LogP contribution in [0.3, 0.4) is 0 Å². The molecule has 0 bridgehead atoms. The summed E-state index contributed by atoms with van der Waals surface area (Å²) in [6, 6.07) is 13.2. The lowest BCUT2D eigenvalue weighted by Gasteiger charge is -2.39. The highest BCUT2D eigenvalue weighted by atomic mass is 19.2. The SMILES string of the molecule is Cc1ccccc1Nc1nc2ccc(CC(=O)[C@@](F)(O[C@H]3CCCC[C@@H]3C(=O)O)N3CCCC3)cc2o1. The number of hydrogen-bond donors (Lipinski definition) is 2. The third-order valence-corrected chi connectivity index (χ3v) is 7.39. The molecule has 2 N–H and O–H groups in total. The summed E-state index contributed by atoms with van der Waals surface area (Å²) < 4.78 is 28.2. The summed E-state index contributed by atoms with van der Waals surface area (Å²) in [4.78, 5) is 31.1. The highest BCUT2D eigenvalue weighted by Gasteiger charge is 2.50. The van der Waals surface area contributed by atoms with Crippen molar-refractivity contribution in [3.63, 3.8) is 0 Å². The van der Waals surface area contributed by atoms with Gasteiger partial charge < -0.3 is 19.6 Å². The Kier molecular flexibility index (Phi) is 7.26. The number of aryl methyl sites for hydroxylation is 1. The number of anilines is 2. The first-order valence-corrected chi connectivity index (χ1v) is 12.9. The fraction of sp³-hybridized carbons (Fsp3) is 0.464. The molecule has 1 aromatic heterocycles. The van der Waals surface area contributed by atoms with E-state index in [1.54, 1.807) is 18.2 Å². The van der Waals surface area contributed by atoms with Crippen molar-refractivity contribution >= 4 is 34.6 Å². The van der Waals surface area contributed by atoms with Gasteiger partial charge in [-0.2, -0.15) is 9.37 Å². The molecule has 1 saturated heterocycles. The van der Waals surface area contributed by atoms with Gasteiger partial charge in [0.25, 0.3) is 6.01 Å². The predicted molar refractivity (Wildman–Crippen MR) is 136 cm³/mol. The molecule has 0 radical (unpaired) electrons. The normalized spacial score (nSPS) is 22.1. The standard InChI is InChI=1S/C28H32FN3O5/c1-18-8-2-4-10-21(18)30-27-31-22-13-12-19(16-24(22)36-27)17-25(33)28(29,32-14-6-7-15-32)37-23-11-5-3-9-20(23)26(34)35/h2,4,8,10,12-13,16,20,23H,3,5-7,9,11,14-15,17H2,1H3,(H,30,31)(H,34,35)/t20-,23-,28-/m0/s1. The minimum atomic E-state index is -2.67. The summed E-state index contributed by atoms with van der Waals surface area (Å²) in [5, 5.41) is 12.8. The molecule has 1 aliphatic carbocycles. The van der Waals surface area contributed by atoms with E-state index in [1.165, 1.54) is 4.90 Å². The molecular formula is C28H32FN3O5. The maximum absolute atomic E-state index is 16.5. The molecule has 5 rings (SSSR count). The van der Waals surface area contributed by atoms with E-state index in [9.17, 15) is 14.7 Å². The minimum absolute atomic E-state index is 0.214. The number of ketones is 1. The molecule has 9 heteroatoms. The molecule has 2 heterocycles. The molecule has 3 aromatic rings. The number of ether oxygens (including phenoxy) is 1. The number of halogens is 1. The number of para-hydroxylation sites is 1. The quantitative estimate of drug-likeness (QED) is 0.371. The van der Waals surface area contributed by atoms with Crippen LogP contribution in [-0.2, 0) is 20.7 Å². The summed E-state index contributed by atoms with van der Waals surface area (Å²) in [5.74, 6) is -5.22. The van der Waals surface area contributed by atoms with Crippen LogP contribution >= 0.6 is 0 Å². The van der Waals surface area contributed by atoms with Gasteiger partial charge in [0, 0.05) is 25.2 Å². The molecule has 1 aliphatic heterocycles. The van der Waals surface area contributed by atoms with Gasteiger partial charge in [-0.1, -0.05) is 37.1 Å². The monoisotopic (exact) mass is 509 g/mol. The van der Waals surface area contributed by atoms with E-state index < -0.39 is 29.8 Å². The van der Waals surface area contributed by atoms with Gasteiger partial charge in [-0.05, 0) is 61.9 Å². The van der Waals surface area contributed by atoms with E-state index in [1.807, 2.05) is 31.2 Å². The van der Waals surface area contributed by atoms with Crippen molar-refractivity contribution in [2.45, 2.75) is 64.0 Å². The van der Waals surface area contributed by atoms with E-state index in [0.717, 1.165) is 36.9 Å². The molecule has 37 heavy (non-hydrogen) atoms. The average Bonchev–Trinajstić information content (AvgIpc) is 3.56. The molecule has 0 spiro atoms. The van der Waals surface area contributed by atoms with Crippen LogP contribution in [0.15, 0.2) is 46.9 Å². The smallest absolute Gasteiger partial charge is 0.330 e. The van der Waals surface area contributed by atoms with Crippen molar-refractivity contribution < 1.29 is 28.2 Å². The number of Topliss-reactive ketones (excluding diaryl/α,β-unsaturated/α-hetero) is 1. The van der Waals surface area contributed by atoms with E-state index in [4.69, 9.17) is 9.15 Å². The van der Waals surface area contributed by atoms with Crippen molar-refractivity contribution in [1.82, 2.24) is 9.88 Å². The lowest BCUT2D eigenvalue weighted by atomic mass is 9.86. The molecule has 2 aromatic carbocycles. The number of carbonyl (C=O) groups is 2. The van der Waals surface area contributed by atoms with Gasteiger partial charge >= 0.3 is 11.9 Å². The van der Waals surface area contributed by atoms with Crippen LogP contribution in [-0.4, -0.2) is 51.9 Å². The van der Waals surface area contributed by atoms with Crippen LogP contribution in [0.25, 0.3) is 11.1 Å². The van der Waals surface area contributed by atoms with E-state index >= 15 is 4.39 Å². The third-order valence-electron chi connectivity index (χ3n) is 7.39. The summed E-state index contributed by atoms with van der Waals surface area (Å²) in [6.45, 7) is 2.76. The van der Waals surface area contributed by atoms with Crippen LogP contribution in [0, 0.1) is 12.8 Å². The number of nitrogens with zero attached hydrogens (tertiary/aromatic N) is 2. The Balaban J connectivity index is 1.36. The second-order valence-corrected chi connectivity index (χ2v) is 10.0. The third kappa shape index (κ3) is 5.38. The Bertz CT molecular complexity index is 1290. The van der Waals surface area contributed by atoms with Crippen LogP contribution in [0.2, 0.25) is 0 Å². The molecule has 0 amide bonds. The van der Waals surface area contributed by atoms with Crippen LogP contribution in [0.1, 0.15) is 49.7 Å². The molecule has 196 valence electrons. The maximum Gasteiger partial charge on any atom is 0.330 e. The van der Waals surface area contributed by atoms with Crippen molar-refractivity contribution in [2.75, 3.05) is 18.4 Å². The number of alkyl halides is 1. The van der Waals surface area contributed by atoms with E-state index in [0.29, 0.717) is 48.6 Å². The highest BCUT2D eigenvalue weighted by molar-refractivity contribution is 5.88. The number of likely N-dealkylation sites (tertiary alicyclic amines) is 1. The zero-order valence-electron chi connectivity index (χ0n) is 20.9. The number of oxazole rings is 1. The minimum Gasteiger partial charge on any atom is -0.481 e.